The lowest BCUT2D eigenvalue weighted by molar-refractivity contribution is -0.288. The first-order valence-corrected chi connectivity index (χ1v) is 29.3. The predicted octanol–water partition coefficient (Wildman–Crippen LogP) is 14.8. The van der Waals surface area contributed by atoms with E-state index in [9.17, 15) is 84.9 Å². The summed E-state index contributed by atoms with van der Waals surface area (Å²) in [7, 11) is -6.28. The zero-order chi connectivity index (χ0) is 67.7. The van der Waals surface area contributed by atoms with Gasteiger partial charge in [-0.3, -0.25) is 13.2 Å². The second-order valence-corrected chi connectivity index (χ2v) is 25.9. The van der Waals surface area contributed by atoms with E-state index in [4.69, 9.17) is 47.6 Å². The van der Waals surface area contributed by atoms with Gasteiger partial charge >= 0.3 is 45.3 Å². The average Bonchev–Trinajstić information content (AvgIpc) is 0.813. The van der Waals surface area contributed by atoms with Crippen molar-refractivity contribution in [3.63, 3.8) is 0 Å². The van der Waals surface area contributed by atoms with E-state index >= 15 is 0 Å². The van der Waals surface area contributed by atoms with Crippen LogP contribution in [-0.4, -0.2) is 109 Å². The third kappa shape index (κ3) is 32.6. The zero-order valence-electron chi connectivity index (χ0n) is 47.8. The third-order valence-corrected chi connectivity index (χ3v) is 15.8. The summed E-state index contributed by atoms with van der Waals surface area (Å²) in [5.74, 6) is -3.22. The SMILES string of the molecule is C=C(C)CC(OSC(F)(F)F)C(F)(F)F.CC(C)(O)CCOSc1ccc(C(F)(F)F)cc1.CC1(CC(OS(=O)(=O)C(F)(F)C(=O)NC23CC4CC(CC(C4)C2)C3)C(F)(F)F)OCCCO1.Cc1ccc(SOCCC(C)(C)O)cc1.O=O.O=O.O=O. The summed E-state index contributed by atoms with van der Waals surface area (Å²) >= 11 is 1.21. The number of ether oxygens (including phenoxy) is 2. The van der Waals surface area contributed by atoms with Crippen molar-refractivity contribution in [1.29, 1.82) is 0 Å². The number of aliphatic hydroxyl groups is 2. The van der Waals surface area contributed by atoms with Crippen LogP contribution >= 0.6 is 36.1 Å². The molecule has 4 saturated carbocycles. The first kappa shape index (κ1) is 83.2. The van der Waals surface area contributed by atoms with Crippen molar-refractivity contribution < 1.29 is 111 Å². The molecule has 1 aliphatic heterocycles. The molecule has 7 rings (SSSR count). The number of nitrogens with one attached hydrogen (secondary N) is 1. The Morgan fingerprint density at radius 2 is 1.08 bits per heavy atom. The van der Waals surface area contributed by atoms with Crippen LogP contribution in [0.5, 0.6) is 0 Å². The molecule has 2 aromatic rings. The minimum atomic E-state index is -6.28. The van der Waals surface area contributed by atoms with Gasteiger partial charge in [0, 0.05) is 94.9 Å². The molecular formula is C51H69F14NO17S4. The van der Waals surface area contributed by atoms with Gasteiger partial charge in [0.25, 0.3) is 0 Å². The quantitative estimate of drug-likeness (QED) is 0.0345. The van der Waals surface area contributed by atoms with Gasteiger partial charge in [0.15, 0.2) is 18.0 Å². The number of alkyl halides is 14. The van der Waals surface area contributed by atoms with E-state index in [2.05, 4.69) is 39.3 Å². The molecule has 1 saturated heterocycles. The molecule has 502 valence electrons. The standard InChI is InChI=1S/C20H28F5NO6S.C12H15F3O2S.C12H18O2S.C7H8F6OS.3O2/c1-17(30-3-2-4-31-17)11-15(19(21,22)23)32-33(28,29)20(24,25)16(27)26-18-8-12-5-13(9-18)7-14(6-12)10-18;1-11(2,16)7-8-17-18-10-5-3-9(4-6-10)12(13,14)15;1-10-4-6-11(7-5-10)15-14-9-8-12(2,3)13;1-4(2)3-5(6(8,9)10)14-15-7(11,12)13;3*1-2/h12-15H,2-11H2,1H3,(H,26,27);3-6,16H,7-8H2,1-2H3;4-7,13H,8-9H2,1-3H3;5H,1,3H2,2H3;;;. The highest BCUT2D eigenvalue weighted by atomic mass is 32.2. The molecular weight excluding hydrogens is 1290 g/mol. The number of halogens is 14. The van der Waals surface area contributed by atoms with Crippen molar-refractivity contribution >= 4 is 52.2 Å². The Labute approximate surface area is 505 Å². The number of aryl methyl sites for hydroxylation is 1. The lowest BCUT2D eigenvalue weighted by atomic mass is 9.53. The van der Waals surface area contributed by atoms with Crippen LogP contribution in [0.1, 0.15) is 123 Å². The summed E-state index contributed by atoms with van der Waals surface area (Å²) in [5.41, 5.74) is -6.59. The molecule has 0 radical (unpaired) electrons. The molecule has 36 heteroatoms. The van der Waals surface area contributed by atoms with Gasteiger partial charge in [-0.15, -0.1) is 6.58 Å². The van der Waals surface area contributed by atoms with Crippen molar-refractivity contribution in [2.45, 2.75) is 193 Å². The summed E-state index contributed by atoms with van der Waals surface area (Å²) in [6, 6.07) is 12.9. The second kappa shape index (κ2) is 36.3. The highest BCUT2D eigenvalue weighted by molar-refractivity contribution is 7.95. The van der Waals surface area contributed by atoms with E-state index < -0.39 is 111 Å². The molecule has 1 amide bonds. The van der Waals surface area contributed by atoms with E-state index in [0.717, 1.165) is 55.3 Å². The third-order valence-electron chi connectivity index (χ3n) is 12.5. The van der Waals surface area contributed by atoms with Gasteiger partial charge in [0.1, 0.15) is 12.0 Å². The van der Waals surface area contributed by atoms with Gasteiger partial charge in [-0.25, -0.2) is 0 Å². The van der Waals surface area contributed by atoms with Gasteiger partial charge in [0.2, 0.25) is 0 Å². The number of hydrogen-bond acceptors (Lipinski definition) is 20. The lowest BCUT2D eigenvalue weighted by Gasteiger charge is -2.57. The average molecular weight is 1360 g/mol. The van der Waals surface area contributed by atoms with Crippen LogP contribution in [0.4, 0.5) is 61.5 Å². The Bertz CT molecular complexity index is 2400. The maximum absolute atomic E-state index is 14.7. The molecule has 0 aromatic heterocycles. The molecule has 0 spiro atoms. The largest absolute Gasteiger partial charge is 0.467 e. The summed E-state index contributed by atoms with van der Waals surface area (Å²) < 4.78 is 231. The number of amides is 1. The van der Waals surface area contributed by atoms with Crippen LogP contribution in [0.25, 0.3) is 0 Å². The predicted molar refractivity (Wildman–Crippen MR) is 296 cm³/mol. The van der Waals surface area contributed by atoms with Crippen LogP contribution in [0.2, 0.25) is 0 Å². The molecule has 2 unspecified atom stereocenters. The Hall–Kier alpha value is -3.85. The molecule has 5 fully saturated rings. The highest BCUT2D eigenvalue weighted by Gasteiger charge is 2.61. The molecule has 2 atom stereocenters. The van der Waals surface area contributed by atoms with Crippen LogP contribution in [-0.2, 0) is 47.3 Å². The fourth-order valence-corrected chi connectivity index (χ4v) is 11.4. The second-order valence-electron chi connectivity index (χ2n) is 21.7. The first-order valence-electron chi connectivity index (χ1n) is 25.7. The molecule has 4 aliphatic carbocycles. The van der Waals surface area contributed by atoms with Crippen LogP contribution < -0.4 is 5.32 Å². The fourth-order valence-electron chi connectivity index (χ4n) is 8.97. The maximum atomic E-state index is 14.7. The monoisotopic (exact) mass is 1360 g/mol. The van der Waals surface area contributed by atoms with Gasteiger partial charge < -0.3 is 33.4 Å². The van der Waals surface area contributed by atoms with Crippen molar-refractivity contribution in [2.75, 3.05) is 26.4 Å². The van der Waals surface area contributed by atoms with Crippen LogP contribution in [0.3, 0.4) is 0 Å². The summed E-state index contributed by atoms with van der Waals surface area (Å²) in [6.07, 6.45) is -16.3. The molecule has 1 heterocycles. The van der Waals surface area contributed by atoms with Crippen molar-refractivity contribution in [1.82, 2.24) is 5.32 Å². The topological polar surface area (TPSA) is 261 Å². The highest BCUT2D eigenvalue weighted by Crippen LogP contribution is 2.56. The maximum Gasteiger partial charge on any atom is 0.467 e. The van der Waals surface area contributed by atoms with Crippen LogP contribution in [0, 0.1) is 54.5 Å². The van der Waals surface area contributed by atoms with Crippen molar-refractivity contribution in [3.8, 4) is 0 Å². The Morgan fingerprint density at radius 1 is 0.690 bits per heavy atom. The van der Waals surface area contributed by atoms with E-state index in [1.807, 2.05) is 12.1 Å². The zero-order valence-corrected chi connectivity index (χ0v) is 51.0. The van der Waals surface area contributed by atoms with E-state index in [1.165, 1.54) is 36.7 Å². The minimum absolute atomic E-state index is 0.0530. The van der Waals surface area contributed by atoms with Gasteiger partial charge in [-0.05, 0) is 148 Å². The van der Waals surface area contributed by atoms with Gasteiger partial charge in [-0.1, -0.05) is 23.3 Å². The first-order chi connectivity index (χ1) is 39.8. The Morgan fingerprint density at radius 3 is 1.43 bits per heavy atom. The Kier molecular flexibility index (Phi) is 34.7. The molecule has 2 aromatic carbocycles. The summed E-state index contributed by atoms with van der Waals surface area (Å²) in [6.45, 7) is 15.6. The molecule has 5 aliphatic rings. The fraction of sp³-hybridized carbons (Fsp3) is 0.706. The minimum Gasteiger partial charge on any atom is -0.390 e. The number of hydrogen-bond donors (Lipinski definition) is 3. The smallest absolute Gasteiger partial charge is 0.390 e. The lowest BCUT2D eigenvalue weighted by Crippen LogP contribution is -2.63. The Balaban J connectivity index is 0.00000117. The molecule has 3 N–H and O–H groups in total. The van der Waals surface area contributed by atoms with Gasteiger partial charge in [0.05, 0.1) is 43.2 Å². The van der Waals surface area contributed by atoms with Crippen molar-refractivity contribution in [2.24, 2.45) is 17.8 Å². The van der Waals surface area contributed by atoms with E-state index in [0.29, 0.717) is 56.6 Å². The normalized spacial score (nSPS) is 20.6. The summed E-state index contributed by atoms with van der Waals surface area (Å²) in [5, 5.41) is 15.9. The summed E-state index contributed by atoms with van der Waals surface area (Å²) in [4.78, 5) is 56.1. The van der Waals surface area contributed by atoms with Gasteiger partial charge in [-0.2, -0.15) is 69.9 Å². The molecule has 18 nitrogen and oxygen atoms in total. The number of carbonyl (C=O) groups excluding carboxylic acids is 1. The molecule has 87 heavy (non-hydrogen) atoms. The van der Waals surface area contributed by atoms with Crippen molar-refractivity contribution in [3.05, 3.63) is 102 Å². The number of benzene rings is 2. The number of rotatable bonds is 21. The molecule has 4 bridgehead atoms. The van der Waals surface area contributed by atoms with E-state index in [-0.39, 0.29) is 36.5 Å². The number of carbonyl (C=O) groups is 1. The van der Waals surface area contributed by atoms with E-state index in [1.54, 1.807) is 27.7 Å². The van der Waals surface area contributed by atoms with Crippen LogP contribution in [0.15, 0.2) is 70.5 Å².